The standard InChI is InChI=1S/C14H19NO3S/c1-4-18-13-6-5-11(10(2)16)7-12(13)8-19-9-14(17)15-3/h5-7H,4,8-9H2,1-3H3,(H,15,17). The van der Waals surface area contributed by atoms with Crippen molar-refractivity contribution in [3.8, 4) is 5.75 Å². The predicted octanol–water partition coefficient (Wildman–Crippen LogP) is 2.27. The first-order chi connectivity index (χ1) is 9.08. The second kappa shape index (κ2) is 7.84. The van der Waals surface area contributed by atoms with Gasteiger partial charge >= 0.3 is 0 Å². The van der Waals surface area contributed by atoms with Gasteiger partial charge in [0.2, 0.25) is 5.91 Å². The van der Waals surface area contributed by atoms with Gasteiger partial charge in [-0.3, -0.25) is 9.59 Å². The molecule has 0 unspecified atom stereocenters. The van der Waals surface area contributed by atoms with Gasteiger partial charge in [0.05, 0.1) is 12.4 Å². The van der Waals surface area contributed by atoms with Crippen molar-refractivity contribution < 1.29 is 14.3 Å². The lowest BCUT2D eigenvalue weighted by molar-refractivity contribution is -0.118. The van der Waals surface area contributed by atoms with Gasteiger partial charge < -0.3 is 10.1 Å². The Labute approximate surface area is 117 Å². The zero-order chi connectivity index (χ0) is 14.3. The molecule has 0 aromatic heterocycles. The largest absolute Gasteiger partial charge is 0.494 e. The molecule has 0 radical (unpaired) electrons. The summed E-state index contributed by atoms with van der Waals surface area (Å²) in [6.07, 6.45) is 0. The lowest BCUT2D eigenvalue weighted by Crippen LogP contribution is -2.19. The molecule has 0 fully saturated rings. The highest BCUT2D eigenvalue weighted by atomic mass is 32.2. The van der Waals surface area contributed by atoms with Gasteiger partial charge in [-0.15, -0.1) is 11.8 Å². The van der Waals surface area contributed by atoms with Gasteiger partial charge in [-0.05, 0) is 32.0 Å². The fourth-order valence-electron chi connectivity index (χ4n) is 1.53. The topological polar surface area (TPSA) is 55.4 Å². The van der Waals surface area contributed by atoms with E-state index in [-0.39, 0.29) is 11.7 Å². The summed E-state index contributed by atoms with van der Waals surface area (Å²) < 4.78 is 5.53. The summed E-state index contributed by atoms with van der Waals surface area (Å²) in [5, 5.41) is 2.58. The van der Waals surface area contributed by atoms with Crippen molar-refractivity contribution in [3.05, 3.63) is 29.3 Å². The van der Waals surface area contributed by atoms with E-state index in [1.54, 1.807) is 13.1 Å². The monoisotopic (exact) mass is 281 g/mol. The quantitative estimate of drug-likeness (QED) is 0.779. The van der Waals surface area contributed by atoms with Crippen LogP contribution < -0.4 is 10.1 Å². The minimum atomic E-state index is -0.00863. The van der Waals surface area contributed by atoms with Crippen molar-refractivity contribution in [3.63, 3.8) is 0 Å². The molecule has 19 heavy (non-hydrogen) atoms. The smallest absolute Gasteiger partial charge is 0.229 e. The van der Waals surface area contributed by atoms with Gasteiger partial charge in [-0.1, -0.05) is 0 Å². The molecule has 0 heterocycles. The molecule has 1 N–H and O–H groups in total. The summed E-state index contributed by atoms with van der Waals surface area (Å²) >= 11 is 1.50. The maximum Gasteiger partial charge on any atom is 0.229 e. The van der Waals surface area contributed by atoms with Crippen LogP contribution in [-0.4, -0.2) is 31.1 Å². The minimum absolute atomic E-state index is 0.00863. The number of hydrogen-bond acceptors (Lipinski definition) is 4. The third kappa shape index (κ3) is 4.95. The van der Waals surface area contributed by atoms with E-state index in [1.807, 2.05) is 19.1 Å². The van der Waals surface area contributed by atoms with Crippen molar-refractivity contribution in [2.75, 3.05) is 19.4 Å². The first-order valence-electron chi connectivity index (χ1n) is 6.13. The molecule has 0 saturated heterocycles. The van der Waals surface area contributed by atoms with Crippen LogP contribution in [0.4, 0.5) is 0 Å². The fraction of sp³-hybridized carbons (Fsp3) is 0.429. The van der Waals surface area contributed by atoms with Gasteiger partial charge in [0.15, 0.2) is 5.78 Å². The molecule has 104 valence electrons. The number of carbonyl (C=O) groups excluding carboxylic acids is 2. The Kier molecular flexibility index (Phi) is 6.42. The highest BCUT2D eigenvalue weighted by molar-refractivity contribution is 7.99. The number of Topliss-reactive ketones (excluding diaryl/α,β-unsaturated/α-hetero) is 1. The zero-order valence-corrected chi connectivity index (χ0v) is 12.3. The Morgan fingerprint density at radius 2 is 2.11 bits per heavy atom. The Bertz CT molecular complexity index is 460. The molecule has 4 nitrogen and oxygen atoms in total. The number of thioether (sulfide) groups is 1. The molecular formula is C14H19NO3S. The Morgan fingerprint density at radius 1 is 1.37 bits per heavy atom. The van der Waals surface area contributed by atoms with Crippen LogP contribution in [0, 0.1) is 0 Å². The maximum absolute atomic E-state index is 11.4. The van der Waals surface area contributed by atoms with Crippen LogP contribution in [0.5, 0.6) is 5.75 Å². The van der Waals surface area contributed by atoms with E-state index in [4.69, 9.17) is 4.74 Å². The fourth-order valence-corrected chi connectivity index (χ4v) is 2.41. The molecule has 0 saturated carbocycles. The summed E-state index contributed by atoms with van der Waals surface area (Å²) in [7, 11) is 1.62. The highest BCUT2D eigenvalue weighted by Crippen LogP contribution is 2.25. The summed E-state index contributed by atoms with van der Waals surface area (Å²) in [6.45, 7) is 4.03. The SMILES string of the molecule is CCOc1ccc(C(C)=O)cc1CSCC(=O)NC. The van der Waals surface area contributed by atoms with Crippen molar-refractivity contribution in [2.24, 2.45) is 0 Å². The second-order valence-corrected chi connectivity index (χ2v) is 4.96. The molecule has 0 atom stereocenters. The van der Waals surface area contributed by atoms with Crippen molar-refractivity contribution in [1.82, 2.24) is 5.32 Å². The summed E-state index contributed by atoms with van der Waals surface area (Å²) in [5.74, 6) is 1.83. The Hall–Kier alpha value is -1.49. The van der Waals surface area contributed by atoms with Gasteiger partial charge in [0, 0.05) is 23.9 Å². The van der Waals surface area contributed by atoms with E-state index in [1.165, 1.54) is 18.7 Å². The first-order valence-corrected chi connectivity index (χ1v) is 7.29. The summed E-state index contributed by atoms with van der Waals surface area (Å²) in [4.78, 5) is 22.6. The van der Waals surface area contributed by atoms with E-state index >= 15 is 0 Å². The molecule has 1 rings (SSSR count). The Balaban J connectivity index is 2.79. The van der Waals surface area contributed by atoms with Gasteiger partial charge in [0.25, 0.3) is 0 Å². The van der Waals surface area contributed by atoms with Crippen molar-refractivity contribution >= 4 is 23.5 Å². The highest BCUT2D eigenvalue weighted by Gasteiger charge is 2.08. The van der Waals surface area contributed by atoms with Crippen molar-refractivity contribution in [2.45, 2.75) is 19.6 Å². The van der Waals surface area contributed by atoms with E-state index in [0.29, 0.717) is 23.7 Å². The third-order valence-corrected chi connectivity index (χ3v) is 3.52. The van der Waals surface area contributed by atoms with Crippen LogP contribution in [0.15, 0.2) is 18.2 Å². The van der Waals surface area contributed by atoms with Crippen LogP contribution in [-0.2, 0) is 10.5 Å². The van der Waals surface area contributed by atoms with E-state index in [2.05, 4.69) is 5.32 Å². The van der Waals surface area contributed by atoms with E-state index in [9.17, 15) is 9.59 Å². The second-order valence-electron chi connectivity index (χ2n) is 3.98. The number of benzene rings is 1. The van der Waals surface area contributed by atoms with Crippen molar-refractivity contribution in [1.29, 1.82) is 0 Å². The Morgan fingerprint density at radius 3 is 2.68 bits per heavy atom. The lowest BCUT2D eigenvalue weighted by Gasteiger charge is -2.11. The first kappa shape index (κ1) is 15.6. The third-order valence-electron chi connectivity index (χ3n) is 2.54. The van der Waals surface area contributed by atoms with Crippen LogP contribution in [0.3, 0.4) is 0 Å². The summed E-state index contributed by atoms with van der Waals surface area (Å²) in [6, 6.07) is 5.42. The molecule has 0 bridgehead atoms. The van der Waals surface area contributed by atoms with Crippen LogP contribution in [0.1, 0.15) is 29.8 Å². The molecule has 0 spiro atoms. The lowest BCUT2D eigenvalue weighted by atomic mass is 10.1. The molecule has 1 aromatic carbocycles. The van der Waals surface area contributed by atoms with E-state index < -0.39 is 0 Å². The number of amides is 1. The van der Waals surface area contributed by atoms with Crippen LogP contribution >= 0.6 is 11.8 Å². The zero-order valence-electron chi connectivity index (χ0n) is 11.5. The van der Waals surface area contributed by atoms with Crippen LogP contribution in [0.2, 0.25) is 0 Å². The average molecular weight is 281 g/mol. The molecular weight excluding hydrogens is 262 g/mol. The van der Waals surface area contributed by atoms with Gasteiger partial charge in [-0.25, -0.2) is 0 Å². The molecule has 0 aliphatic carbocycles. The predicted molar refractivity (Wildman–Crippen MR) is 77.8 cm³/mol. The number of rotatable bonds is 7. The average Bonchev–Trinajstić information content (AvgIpc) is 2.40. The summed E-state index contributed by atoms with van der Waals surface area (Å²) in [5.41, 5.74) is 1.61. The molecule has 1 amide bonds. The maximum atomic E-state index is 11.4. The molecule has 1 aromatic rings. The molecule has 5 heteroatoms. The number of carbonyl (C=O) groups is 2. The normalized spacial score (nSPS) is 10.1. The number of ether oxygens (including phenoxy) is 1. The van der Waals surface area contributed by atoms with Gasteiger partial charge in [-0.2, -0.15) is 0 Å². The number of ketones is 1. The number of hydrogen-bond donors (Lipinski definition) is 1. The van der Waals surface area contributed by atoms with Gasteiger partial charge in [0.1, 0.15) is 5.75 Å². The molecule has 0 aliphatic rings. The number of nitrogens with one attached hydrogen (secondary N) is 1. The van der Waals surface area contributed by atoms with Crippen LogP contribution in [0.25, 0.3) is 0 Å². The minimum Gasteiger partial charge on any atom is -0.494 e. The van der Waals surface area contributed by atoms with E-state index in [0.717, 1.165) is 11.3 Å². The molecule has 0 aliphatic heterocycles.